The van der Waals surface area contributed by atoms with Crippen molar-refractivity contribution in [2.24, 2.45) is 0 Å². The zero-order chi connectivity index (χ0) is 13.4. The normalized spacial score (nSPS) is 17.3. The summed E-state index contributed by atoms with van der Waals surface area (Å²) in [6.07, 6.45) is 3.24. The molecule has 2 aromatic heterocycles. The lowest BCUT2D eigenvalue weighted by Gasteiger charge is -2.21. The van der Waals surface area contributed by atoms with Crippen molar-refractivity contribution in [1.29, 1.82) is 0 Å². The molecule has 0 radical (unpaired) electrons. The Balaban J connectivity index is 2.13. The van der Waals surface area contributed by atoms with E-state index < -0.39 is 5.97 Å². The molecule has 0 bridgehead atoms. The number of carbonyl (C=O) groups is 1. The highest BCUT2D eigenvalue weighted by Gasteiger charge is 2.26. The van der Waals surface area contributed by atoms with Gasteiger partial charge in [-0.2, -0.15) is 10.1 Å². The Bertz CT molecular complexity index is 662. The smallest absolute Gasteiger partial charge is 0.352 e. The van der Waals surface area contributed by atoms with E-state index >= 15 is 0 Å². The second-order valence-electron chi connectivity index (χ2n) is 4.14. The highest BCUT2D eigenvalue weighted by atomic mass is 16.4. The number of pyridine rings is 1. The number of allylic oxidation sites excluding steroid dienone is 1. The first-order valence-corrected chi connectivity index (χ1v) is 5.71. The van der Waals surface area contributed by atoms with Gasteiger partial charge in [0.15, 0.2) is 0 Å². The van der Waals surface area contributed by atoms with Crippen LogP contribution in [0.15, 0.2) is 36.2 Å². The van der Waals surface area contributed by atoms with Gasteiger partial charge in [-0.1, -0.05) is 6.07 Å². The number of anilines is 1. The van der Waals surface area contributed by atoms with Gasteiger partial charge in [0.05, 0.1) is 5.69 Å². The summed E-state index contributed by atoms with van der Waals surface area (Å²) >= 11 is 0. The second-order valence-corrected chi connectivity index (χ2v) is 4.14. The maximum absolute atomic E-state index is 11.1. The molecule has 0 spiro atoms. The Morgan fingerprint density at radius 1 is 1.47 bits per heavy atom. The van der Waals surface area contributed by atoms with Crippen LogP contribution < -0.4 is 5.32 Å². The number of rotatable bonds is 2. The average molecular weight is 257 g/mol. The third kappa shape index (κ3) is 1.95. The first kappa shape index (κ1) is 11.4. The molecule has 3 rings (SSSR count). The summed E-state index contributed by atoms with van der Waals surface area (Å²) in [5.41, 5.74) is 0.796. The van der Waals surface area contributed by atoms with E-state index in [0.29, 0.717) is 17.5 Å². The number of carboxylic acids is 1. The van der Waals surface area contributed by atoms with Crippen LogP contribution in [0.25, 0.3) is 0 Å². The summed E-state index contributed by atoms with van der Waals surface area (Å²) in [7, 11) is 0. The van der Waals surface area contributed by atoms with Crippen LogP contribution in [0.4, 0.5) is 5.95 Å². The lowest BCUT2D eigenvalue weighted by Crippen LogP contribution is -2.24. The van der Waals surface area contributed by atoms with Crippen molar-refractivity contribution in [1.82, 2.24) is 19.7 Å². The minimum Gasteiger partial charge on any atom is -0.477 e. The van der Waals surface area contributed by atoms with Gasteiger partial charge in [0.2, 0.25) is 5.95 Å². The van der Waals surface area contributed by atoms with E-state index in [1.54, 1.807) is 29.9 Å². The first-order valence-electron chi connectivity index (χ1n) is 5.71. The molecule has 19 heavy (non-hydrogen) atoms. The molecule has 1 unspecified atom stereocenters. The van der Waals surface area contributed by atoms with Crippen LogP contribution in [0.2, 0.25) is 0 Å². The van der Waals surface area contributed by atoms with Gasteiger partial charge in [-0.15, -0.1) is 0 Å². The lowest BCUT2D eigenvalue weighted by molar-refractivity contribution is -0.132. The number of hydrogen-bond donors (Lipinski definition) is 2. The predicted octanol–water partition coefficient (Wildman–Crippen LogP) is 0.965. The fourth-order valence-electron chi connectivity index (χ4n) is 1.99. The fourth-order valence-corrected chi connectivity index (χ4v) is 1.99. The average Bonchev–Trinajstić information content (AvgIpc) is 2.78. The summed E-state index contributed by atoms with van der Waals surface area (Å²) in [5, 5.41) is 16.1. The van der Waals surface area contributed by atoms with Crippen molar-refractivity contribution in [2.45, 2.75) is 13.0 Å². The van der Waals surface area contributed by atoms with E-state index in [9.17, 15) is 4.79 Å². The molecule has 3 heterocycles. The molecule has 1 aliphatic rings. The highest BCUT2D eigenvalue weighted by Crippen LogP contribution is 2.27. The summed E-state index contributed by atoms with van der Waals surface area (Å²) in [6.45, 7) is 1.75. The molecule has 7 nitrogen and oxygen atoms in total. The molecule has 0 saturated heterocycles. The van der Waals surface area contributed by atoms with Crippen LogP contribution in [0.1, 0.15) is 17.6 Å². The number of hydrogen-bond acceptors (Lipinski definition) is 5. The molecule has 2 N–H and O–H groups in total. The number of aromatic nitrogens is 4. The van der Waals surface area contributed by atoms with Gasteiger partial charge in [-0.05, 0) is 25.1 Å². The zero-order valence-electron chi connectivity index (χ0n) is 10.1. The maximum atomic E-state index is 11.1. The minimum absolute atomic E-state index is 0.0792. The van der Waals surface area contributed by atoms with Gasteiger partial charge in [0.1, 0.15) is 17.6 Å². The van der Waals surface area contributed by atoms with Crippen molar-refractivity contribution in [3.63, 3.8) is 0 Å². The topological polar surface area (TPSA) is 92.9 Å². The molecule has 0 aliphatic carbocycles. The third-order valence-electron chi connectivity index (χ3n) is 2.79. The highest BCUT2D eigenvalue weighted by molar-refractivity contribution is 5.90. The molecule has 0 fully saturated rings. The van der Waals surface area contributed by atoms with Crippen molar-refractivity contribution < 1.29 is 9.90 Å². The molecule has 0 aromatic carbocycles. The number of aliphatic carboxylic acids is 1. The van der Waals surface area contributed by atoms with E-state index in [2.05, 4.69) is 20.4 Å². The molecule has 0 saturated carbocycles. The molecule has 2 aromatic rings. The van der Waals surface area contributed by atoms with Crippen LogP contribution >= 0.6 is 0 Å². The maximum Gasteiger partial charge on any atom is 0.352 e. The van der Waals surface area contributed by atoms with Gasteiger partial charge in [-0.25, -0.2) is 9.48 Å². The fraction of sp³-hybridized carbons (Fsp3) is 0.167. The van der Waals surface area contributed by atoms with Gasteiger partial charge in [-0.3, -0.25) is 4.98 Å². The lowest BCUT2D eigenvalue weighted by atomic mass is 10.1. The number of nitrogens with one attached hydrogen (secondary N) is 1. The summed E-state index contributed by atoms with van der Waals surface area (Å²) in [4.78, 5) is 19.6. The summed E-state index contributed by atoms with van der Waals surface area (Å²) in [6, 6.07) is 5.11. The number of nitrogens with zero attached hydrogens (tertiary/aromatic N) is 4. The minimum atomic E-state index is -1.03. The number of fused-ring (bicyclic) bond motifs is 1. The second kappa shape index (κ2) is 4.20. The third-order valence-corrected chi connectivity index (χ3v) is 2.79. The van der Waals surface area contributed by atoms with Crippen molar-refractivity contribution in [2.75, 3.05) is 5.32 Å². The van der Waals surface area contributed by atoms with Crippen LogP contribution in [0.3, 0.4) is 0 Å². The standard InChI is InChI=1S/C12H11N5O2/c1-7-14-12-15-9(11(18)19)6-10(17(12)16-7)8-4-2-3-5-13-8/h2-6,10H,1H3,(H,18,19)(H,14,15,16). The Kier molecular flexibility index (Phi) is 2.52. The van der Waals surface area contributed by atoms with Crippen molar-refractivity contribution in [3.05, 3.63) is 47.7 Å². The Morgan fingerprint density at radius 3 is 3.00 bits per heavy atom. The summed E-state index contributed by atoms with van der Waals surface area (Å²) < 4.78 is 1.63. The summed E-state index contributed by atoms with van der Waals surface area (Å²) in [5.74, 6) is -0.0515. The molecule has 7 heteroatoms. The SMILES string of the molecule is Cc1nc2n(n1)C(c1ccccn1)C=C(C(=O)O)N2. The molecular formula is C12H11N5O2. The van der Waals surface area contributed by atoms with E-state index in [0.717, 1.165) is 0 Å². The van der Waals surface area contributed by atoms with Crippen molar-refractivity contribution in [3.8, 4) is 0 Å². The predicted molar refractivity (Wildman–Crippen MR) is 66.5 cm³/mol. The molecule has 1 aliphatic heterocycles. The van der Waals surface area contributed by atoms with Gasteiger partial charge < -0.3 is 10.4 Å². The van der Waals surface area contributed by atoms with Crippen LogP contribution in [0.5, 0.6) is 0 Å². The monoisotopic (exact) mass is 257 g/mol. The first-order chi connectivity index (χ1) is 9.15. The molecule has 0 amide bonds. The van der Waals surface area contributed by atoms with Gasteiger partial charge >= 0.3 is 5.97 Å². The Labute approximate surface area is 108 Å². The quantitative estimate of drug-likeness (QED) is 0.832. The van der Waals surface area contributed by atoms with Crippen molar-refractivity contribution >= 4 is 11.9 Å². The number of aryl methyl sites for hydroxylation is 1. The molecule has 96 valence electrons. The largest absolute Gasteiger partial charge is 0.477 e. The molecular weight excluding hydrogens is 246 g/mol. The Morgan fingerprint density at radius 2 is 2.32 bits per heavy atom. The van der Waals surface area contributed by atoms with Crippen LogP contribution in [-0.2, 0) is 4.79 Å². The Hall–Kier alpha value is -2.70. The van der Waals surface area contributed by atoms with E-state index in [1.807, 2.05) is 12.1 Å². The molecule has 1 atom stereocenters. The zero-order valence-corrected chi connectivity index (χ0v) is 10.1. The van der Waals surface area contributed by atoms with Crippen LogP contribution in [-0.4, -0.2) is 30.8 Å². The van der Waals surface area contributed by atoms with E-state index in [-0.39, 0.29) is 11.7 Å². The van der Waals surface area contributed by atoms with Gasteiger partial charge in [0.25, 0.3) is 0 Å². The van der Waals surface area contributed by atoms with Crippen LogP contribution in [0, 0.1) is 6.92 Å². The number of carboxylic acid groups (broad SMARTS) is 1. The van der Waals surface area contributed by atoms with E-state index in [4.69, 9.17) is 5.11 Å². The van der Waals surface area contributed by atoms with E-state index in [1.165, 1.54) is 0 Å². The van der Waals surface area contributed by atoms with Gasteiger partial charge in [0, 0.05) is 6.20 Å².